The van der Waals surface area contributed by atoms with Gasteiger partial charge >= 0.3 is 20.2 Å². The lowest BCUT2D eigenvalue weighted by Crippen LogP contribution is -2.22. The van der Waals surface area contributed by atoms with E-state index in [1.165, 1.54) is 36.5 Å². The highest BCUT2D eigenvalue weighted by atomic mass is 32.2. The number of hydrogen-bond acceptors (Lipinski definition) is 10. The molecular formula is C20H14N4O6S2. The number of rotatable bonds is 7. The molecule has 32 heavy (non-hydrogen) atoms. The average molecular weight is 470 g/mol. The molecule has 2 aromatic heterocycles. The van der Waals surface area contributed by atoms with E-state index in [1.54, 1.807) is 48.5 Å². The Morgan fingerprint density at radius 2 is 1.12 bits per heavy atom. The number of pyridine rings is 1. The standard InChI is InChI=1S/C20H14N4O6S2/c25-31(26,29-15-9-3-1-4-10-15)19-20(32(27,28)30-16-11-5-2-6-12-16)24-23-18(22-19)17-13-7-8-14-21-17/h1-14H. The second-order valence-electron chi connectivity index (χ2n) is 6.16. The van der Waals surface area contributed by atoms with Gasteiger partial charge in [0.15, 0.2) is 0 Å². The van der Waals surface area contributed by atoms with Crippen LogP contribution in [-0.2, 0) is 20.2 Å². The summed E-state index contributed by atoms with van der Waals surface area (Å²) in [7, 11) is -9.48. The van der Waals surface area contributed by atoms with Crippen molar-refractivity contribution in [2.24, 2.45) is 0 Å². The number of para-hydroxylation sites is 2. The summed E-state index contributed by atoms with van der Waals surface area (Å²) in [4.78, 5) is 7.94. The Kier molecular flexibility index (Phi) is 5.79. The minimum Gasteiger partial charge on any atom is -0.378 e. The van der Waals surface area contributed by atoms with E-state index < -0.39 is 30.3 Å². The van der Waals surface area contributed by atoms with Gasteiger partial charge in [-0.1, -0.05) is 42.5 Å². The summed E-state index contributed by atoms with van der Waals surface area (Å²) in [6.45, 7) is 0. The molecule has 0 aliphatic rings. The third-order valence-corrected chi connectivity index (χ3v) is 6.35. The van der Waals surface area contributed by atoms with Gasteiger partial charge in [-0.15, -0.1) is 10.2 Å². The maximum atomic E-state index is 13.0. The molecule has 4 rings (SSSR count). The summed E-state index contributed by atoms with van der Waals surface area (Å²) in [6, 6.07) is 19.9. The lowest BCUT2D eigenvalue weighted by Gasteiger charge is -2.11. The molecule has 0 bridgehead atoms. The Labute approximate surface area is 183 Å². The molecule has 0 aliphatic carbocycles. The van der Waals surface area contributed by atoms with Crippen molar-refractivity contribution in [3.8, 4) is 23.0 Å². The maximum Gasteiger partial charge on any atom is 0.361 e. The van der Waals surface area contributed by atoms with Crippen molar-refractivity contribution >= 4 is 20.2 Å². The van der Waals surface area contributed by atoms with Gasteiger partial charge in [0.25, 0.3) is 5.03 Å². The Bertz CT molecular complexity index is 1430. The molecule has 0 saturated carbocycles. The molecule has 0 atom stereocenters. The Morgan fingerprint density at radius 1 is 0.594 bits per heavy atom. The normalized spacial score (nSPS) is 11.6. The first-order chi connectivity index (χ1) is 15.4. The molecule has 0 unspecified atom stereocenters. The Hall–Kier alpha value is -3.90. The molecule has 0 aliphatic heterocycles. The first kappa shape index (κ1) is 21.3. The molecular weight excluding hydrogens is 456 g/mol. The van der Waals surface area contributed by atoms with Gasteiger partial charge in [0, 0.05) is 6.20 Å². The van der Waals surface area contributed by atoms with Crippen molar-refractivity contribution in [1.29, 1.82) is 0 Å². The van der Waals surface area contributed by atoms with E-state index in [0.717, 1.165) is 0 Å². The minimum absolute atomic E-state index is 0.0437. The fourth-order valence-electron chi connectivity index (χ4n) is 2.51. The fraction of sp³-hybridized carbons (Fsp3) is 0. The smallest absolute Gasteiger partial charge is 0.361 e. The van der Waals surface area contributed by atoms with Gasteiger partial charge in [-0.25, -0.2) is 4.98 Å². The van der Waals surface area contributed by atoms with Crippen molar-refractivity contribution in [3.63, 3.8) is 0 Å². The zero-order chi connectivity index (χ0) is 22.6. The van der Waals surface area contributed by atoms with Crippen molar-refractivity contribution in [3.05, 3.63) is 85.1 Å². The van der Waals surface area contributed by atoms with Crippen LogP contribution < -0.4 is 8.37 Å². The summed E-state index contributed by atoms with van der Waals surface area (Å²) >= 11 is 0. The quantitative estimate of drug-likeness (QED) is 0.370. The minimum atomic E-state index is -4.75. The van der Waals surface area contributed by atoms with E-state index >= 15 is 0 Å². The topological polar surface area (TPSA) is 138 Å². The van der Waals surface area contributed by atoms with Crippen molar-refractivity contribution < 1.29 is 25.2 Å². The molecule has 0 radical (unpaired) electrons. The highest BCUT2D eigenvalue weighted by Crippen LogP contribution is 2.25. The summed E-state index contributed by atoms with van der Waals surface area (Å²) in [5.74, 6) is -0.298. The third-order valence-electron chi connectivity index (χ3n) is 3.89. The van der Waals surface area contributed by atoms with Gasteiger partial charge in [0.2, 0.25) is 10.9 Å². The van der Waals surface area contributed by atoms with Crippen LogP contribution in [0.4, 0.5) is 0 Å². The van der Waals surface area contributed by atoms with Crippen molar-refractivity contribution in [1.82, 2.24) is 20.2 Å². The van der Waals surface area contributed by atoms with Gasteiger partial charge < -0.3 is 8.37 Å². The molecule has 2 aromatic carbocycles. The van der Waals surface area contributed by atoms with Crippen LogP contribution in [0.15, 0.2) is 95.1 Å². The molecule has 0 amide bonds. The zero-order valence-electron chi connectivity index (χ0n) is 16.1. The fourth-order valence-corrected chi connectivity index (χ4v) is 4.86. The van der Waals surface area contributed by atoms with Crippen molar-refractivity contribution in [2.45, 2.75) is 10.1 Å². The van der Waals surface area contributed by atoms with E-state index in [9.17, 15) is 16.8 Å². The molecule has 10 nitrogen and oxygen atoms in total. The molecule has 0 spiro atoms. The molecule has 0 N–H and O–H groups in total. The first-order valence-corrected chi connectivity index (χ1v) is 11.8. The number of nitrogens with zero attached hydrogens (tertiary/aromatic N) is 4. The van der Waals surface area contributed by atoms with Crippen LogP contribution in [0.2, 0.25) is 0 Å². The summed E-state index contributed by atoms with van der Waals surface area (Å²) in [5.41, 5.74) is 0.184. The Balaban J connectivity index is 1.84. The van der Waals surface area contributed by atoms with Crippen LogP contribution >= 0.6 is 0 Å². The van der Waals surface area contributed by atoms with E-state index in [0.29, 0.717) is 0 Å². The molecule has 4 aromatic rings. The van der Waals surface area contributed by atoms with E-state index in [-0.39, 0.29) is 23.0 Å². The monoisotopic (exact) mass is 470 g/mol. The van der Waals surface area contributed by atoms with E-state index in [1.807, 2.05) is 0 Å². The molecule has 2 heterocycles. The highest BCUT2D eigenvalue weighted by molar-refractivity contribution is 7.90. The van der Waals surface area contributed by atoms with Crippen molar-refractivity contribution in [2.75, 3.05) is 0 Å². The van der Waals surface area contributed by atoms with Crippen LogP contribution in [0.5, 0.6) is 11.5 Å². The molecule has 0 fully saturated rings. The van der Waals surface area contributed by atoms with E-state index in [4.69, 9.17) is 8.37 Å². The number of hydrogen-bond donors (Lipinski definition) is 0. The average Bonchev–Trinajstić information content (AvgIpc) is 2.80. The lowest BCUT2D eigenvalue weighted by atomic mass is 10.3. The zero-order valence-corrected chi connectivity index (χ0v) is 17.8. The second-order valence-corrected chi connectivity index (χ2v) is 9.08. The van der Waals surface area contributed by atoms with Crippen LogP contribution in [0.3, 0.4) is 0 Å². The second kappa shape index (κ2) is 8.69. The SMILES string of the molecule is O=S(=O)(Oc1ccccc1)c1nnc(-c2ccccn2)nc1S(=O)(=O)Oc1ccccc1. The highest BCUT2D eigenvalue weighted by Gasteiger charge is 2.35. The van der Waals surface area contributed by atoms with Crippen LogP contribution in [0.1, 0.15) is 0 Å². The molecule has 12 heteroatoms. The van der Waals surface area contributed by atoms with Gasteiger partial charge in [-0.05, 0) is 36.4 Å². The Morgan fingerprint density at radius 3 is 1.66 bits per heavy atom. The van der Waals surface area contributed by atoms with Gasteiger partial charge in [-0.3, -0.25) is 4.98 Å². The number of benzene rings is 2. The predicted octanol–water partition coefficient (Wildman–Crippen LogP) is 2.47. The summed E-state index contributed by atoms with van der Waals surface area (Å²) < 4.78 is 61.8. The van der Waals surface area contributed by atoms with Crippen LogP contribution in [-0.4, -0.2) is 37.0 Å². The maximum absolute atomic E-state index is 13.0. The van der Waals surface area contributed by atoms with Gasteiger partial charge in [-0.2, -0.15) is 16.8 Å². The molecule has 162 valence electrons. The number of aromatic nitrogens is 4. The van der Waals surface area contributed by atoms with E-state index in [2.05, 4.69) is 20.2 Å². The third kappa shape index (κ3) is 4.71. The van der Waals surface area contributed by atoms with Crippen LogP contribution in [0, 0.1) is 0 Å². The van der Waals surface area contributed by atoms with Gasteiger partial charge in [0.1, 0.15) is 17.2 Å². The lowest BCUT2D eigenvalue weighted by molar-refractivity contribution is 0.458. The summed E-state index contributed by atoms with van der Waals surface area (Å²) in [6.07, 6.45) is 1.44. The van der Waals surface area contributed by atoms with Gasteiger partial charge in [0.05, 0.1) is 0 Å². The molecule has 0 saturated heterocycles. The first-order valence-electron chi connectivity index (χ1n) is 9.00. The largest absolute Gasteiger partial charge is 0.378 e. The summed E-state index contributed by atoms with van der Waals surface area (Å²) in [5, 5.41) is 5.35. The predicted molar refractivity (Wildman–Crippen MR) is 112 cm³/mol. The van der Waals surface area contributed by atoms with Crippen LogP contribution in [0.25, 0.3) is 11.5 Å².